The molecule has 6 rings (SSSR count). The molecule has 4 aromatic rings. The molecule has 0 saturated carbocycles. The second kappa shape index (κ2) is 15.6. The lowest BCUT2D eigenvalue weighted by Gasteiger charge is -2.35. The van der Waals surface area contributed by atoms with E-state index >= 15 is 0 Å². The van der Waals surface area contributed by atoms with Crippen LogP contribution in [0, 0.1) is 18.2 Å². The molecule has 0 spiro atoms. The highest BCUT2D eigenvalue weighted by molar-refractivity contribution is 5.85. The standard InChI is InChI=1S/C39H50FN5O4/c1-5-49-23-22-45-34-9-7-6-8-33(34)42-38(45)41-32-14-18-43(19-15-32)20-16-39(26-29-10-12-31(40)13-11-29)17-21-44(37(39)46)27-30-24-28(2)36(48-4)35(25-30)47-3/h6-13,24-25,32H,5,14-23,26-27H2,1-4H3,(H,41,42). The molecule has 3 heterocycles. The van der Waals surface area contributed by atoms with E-state index in [0.717, 1.165) is 85.5 Å². The van der Waals surface area contributed by atoms with Crippen molar-refractivity contribution < 1.29 is 23.4 Å². The molecule has 1 N–H and O–H groups in total. The Labute approximate surface area is 289 Å². The molecular weight excluding hydrogens is 621 g/mol. The van der Waals surface area contributed by atoms with Gasteiger partial charge in [0.1, 0.15) is 5.82 Å². The quantitative estimate of drug-likeness (QED) is 0.145. The summed E-state index contributed by atoms with van der Waals surface area (Å²) in [7, 11) is 3.27. The van der Waals surface area contributed by atoms with Crippen LogP contribution in [0.2, 0.25) is 0 Å². The lowest BCUT2D eigenvalue weighted by Crippen LogP contribution is -2.43. The Kier molecular flexibility index (Phi) is 11.0. The summed E-state index contributed by atoms with van der Waals surface area (Å²) >= 11 is 0. The van der Waals surface area contributed by atoms with Gasteiger partial charge in [0, 0.05) is 45.4 Å². The van der Waals surface area contributed by atoms with Crippen LogP contribution in [0.15, 0.2) is 60.7 Å². The summed E-state index contributed by atoms with van der Waals surface area (Å²) in [5.74, 6) is 2.19. The number of hydrogen-bond acceptors (Lipinski definition) is 7. The van der Waals surface area contributed by atoms with Crippen LogP contribution < -0.4 is 14.8 Å². The van der Waals surface area contributed by atoms with Gasteiger partial charge in [0.05, 0.1) is 37.3 Å². The zero-order valence-corrected chi connectivity index (χ0v) is 29.3. The first-order valence-electron chi connectivity index (χ1n) is 17.6. The fourth-order valence-corrected chi connectivity index (χ4v) is 7.63. The monoisotopic (exact) mass is 671 g/mol. The van der Waals surface area contributed by atoms with Gasteiger partial charge in [-0.3, -0.25) is 4.79 Å². The van der Waals surface area contributed by atoms with E-state index in [0.29, 0.717) is 50.3 Å². The first kappa shape index (κ1) is 34.7. The van der Waals surface area contributed by atoms with Crippen LogP contribution in [0.25, 0.3) is 11.0 Å². The summed E-state index contributed by atoms with van der Waals surface area (Å²) in [5.41, 5.74) is 4.55. The first-order chi connectivity index (χ1) is 23.8. The van der Waals surface area contributed by atoms with Gasteiger partial charge < -0.3 is 33.9 Å². The van der Waals surface area contributed by atoms with Gasteiger partial charge in [-0.1, -0.05) is 30.3 Å². The van der Waals surface area contributed by atoms with Crippen LogP contribution in [0.5, 0.6) is 11.5 Å². The third-order valence-corrected chi connectivity index (χ3v) is 10.3. The van der Waals surface area contributed by atoms with E-state index in [4.69, 9.17) is 19.2 Å². The Balaban J connectivity index is 1.11. The largest absolute Gasteiger partial charge is 0.493 e. The molecule has 262 valence electrons. The lowest BCUT2D eigenvalue weighted by molar-refractivity contribution is -0.137. The van der Waals surface area contributed by atoms with E-state index in [-0.39, 0.29) is 11.7 Å². The highest BCUT2D eigenvalue weighted by atomic mass is 19.1. The van der Waals surface area contributed by atoms with Crippen molar-refractivity contribution in [1.29, 1.82) is 0 Å². The average molecular weight is 672 g/mol. The molecule has 1 atom stereocenters. The third-order valence-electron chi connectivity index (χ3n) is 10.3. The van der Waals surface area contributed by atoms with E-state index in [1.807, 2.05) is 43.0 Å². The van der Waals surface area contributed by atoms with Crippen LogP contribution in [0.3, 0.4) is 0 Å². The summed E-state index contributed by atoms with van der Waals surface area (Å²) < 4.78 is 32.8. The van der Waals surface area contributed by atoms with Gasteiger partial charge in [-0.15, -0.1) is 0 Å². The number of para-hydroxylation sites is 2. The topological polar surface area (TPSA) is 81.1 Å². The number of anilines is 1. The molecule has 49 heavy (non-hydrogen) atoms. The number of imidazole rings is 1. The van der Waals surface area contributed by atoms with Crippen LogP contribution in [-0.4, -0.2) is 84.9 Å². The second-order valence-corrected chi connectivity index (χ2v) is 13.5. The fourth-order valence-electron chi connectivity index (χ4n) is 7.63. The summed E-state index contributed by atoms with van der Waals surface area (Å²) in [6, 6.07) is 19.2. The maximum Gasteiger partial charge on any atom is 0.229 e. The molecule has 1 amide bonds. The Hall–Kier alpha value is -4.15. The van der Waals surface area contributed by atoms with Crippen LogP contribution in [0.4, 0.5) is 10.3 Å². The van der Waals surface area contributed by atoms with Crippen molar-refractivity contribution in [2.24, 2.45) is 5.41 Å². The number of nitrogens with one attached hydrogen (secondary N) is 1. The molecule has 2 saturated heterocycles. The SMILES string of the molecule is CCOCCn1c(NC2CCN(CCC3(Cc4ccc(F)cc4)CCN(Cc4cc(C)c(OC)c(OC)c4)C3=O)CC2)nc2ccccc21. The maximum atomic E-state index is 14.3. The van der Waals surface area contributed by atoms with Gasteiger partial charge in [0.2, 0.25) is 11.9 Å². The molecule has 2 fully saturated rings. The van der Waals surface area contributed by atoms with E-state index in [1.54, 1.807) is 14.2 Å². The number of nitrogens with zero attached hydrogens (tertiary/aromatic N) is 4. The number of aromatic nitrogens is 2. The molecule has 10 heteroatoms. The van der Waals surface area contributed by atoms with Crippen molar-refractivity contribution in [3.05, 3.63) is 83.2 Å². The number of aryl methyl sites for hydroxylation is 1. The van der Waals surface area contributed by atoms with Crippen molar-refractivity contribution >= 4 is 22.9 Å². The van der Waals surface area contributed by atoms with Gasteiger partial charge in [-0.2, -0.15) is 0 Å². The van der Waals surface area contributed by atoms with Crippen molar-refractivity contribution in [2.45, 2.75) is 65.1 Å². The van der Waals surface area contributed by atoms with Gasteiger partial charge in [-0.25, -0.2) is 9.37 Å². The molecule has 9 nitrogen and oxygen atoms in total. The number of carbonyl (C=O) groups excluding carboxylic acids is 1. The maximum absolute atomic E-state index is 14.3. The lowest BCUT2D eigenvalue weighted by atomic mass is 9.77. The van der Waals surface area contributed by atoms with E-state index in [9.17, 15) is 9.18 Å². The molecule has 2 aliphatic heterocycles. The molecule has 1 aromatic heterocycles. The molecule has 0 aliphatic carbocycles. The molecular formula is C39H50FN5O4. The van der Waals surface area contributed by atoms with Crippen molar-refractivity contribution in [2.75, 3.05) is 58.9 Å². The number of benzene rings is 3. The minimum Gasteiger partial charge on any atom is -0.493 e. The number of halogens is 1. The number of ether oxygens (including phenoxy) is 3. The number of methoxy groups -OCH3 is 2. The summed E-state index contributed by atoms with van der Waals surface area (Å²) in [4.78, 5) is 23.7. The predicted molar refractivity (Wildman–Crippen MR) is 191 cm³/mol. The zero-order chi connectivity index (χ0) is 34.4. The molecule has 0 bridgehead atoms. The van der Waals surface area contributed by atoms with Gasteiger partial charge in [0.15, 0.2) is 11.5 Å². The fraction of sp³-hybridized carbons (Fsp3) is 0.487. The third kappa shape index (κ3) is 7.86. The Morgan fingerprint density at radius 3 is 2.49 bits per heavy atom. The minimum atomic E-state index is -0.538. The number of amides is 1. The van der Waals surface area contributed by atoms with Crippen LogP contribution >= 0.6 is 0 Å². The van der Waals surface area contributed by atoms with Crippen molar-refractivity contribution in [3.8, 4) is 11.5 Å². The molecule has 3 aromatic carbocycles. The number of carbonyl (C=O) groups is 1. The predicted octanol–water partition coefficient (Wildman–Crippen LogP) is 6.47. The van der Waals surface area contributed by atoms with E-state index in [2.05, 4.69) is 39.0 Å². The van der Waals surface area contributed by atoms with Crippen molar-refractivity contribution in [1.82, 2.24) is 19.4 Å². The summed E-state index contributed by atoms with van der Waals surface area (Å²) in [6.45, 7) is 10.0. The Morgan fingerprint density at radius 2 is 1.76 bits per heavy atom. The summed E-state index contributed by atoms with van der Waals surface area (Å²) in [6.07, 6.45) is 4.13. The molecule has 1 unspecified atom stereocenters. The highest BCUT2D eigenvalue weighted by Gasteiger charge is 2.46. The number of hydrogen-bond donors (Lipinski definition) is 1. The Morgan fingerprint density at radius 1 is 0.980 bits per heavy atom. The summed E-state index contributed by atoms with van der Waals surface area (Å²) in [5, 5.41) is 3.74. The van der Waals surface area contributed by atoms with Gasteiger partial charge in [-0.05, 0) is 99.5 Å². The first-order valence-corrected chi connectivity index (χ1v) is 17.6. The smallest absolute Gasteiger partial charge is 0.229 e. The number of rotatable bonds is 15. The van der Waals surface area contributed by atoms with E-state index in [1.165, 1.54) is 12.1 Å². The van der Waals surface area contributed by atoms with Crippen LogP contribution in [-0.2, 0) is 29.0 Å². The highest BCUT2D eigenvalue weighted by Crippen LogP contribution is 2.41. The Bertz CT molecular complexity index is 1720. The number of piperidine rings is 1. The second-order valence-electron chi connectivity index (χ2n) is 13.5. The van der Waals surface area contributed by atoms with Gasteiger partial charge >= 0.3 is 0 Å². The van der Waals surface area contributed by atoms with E-state index < -0.39 is 5.41 Å². The zero-order valence-electron chi connectivity index (χ0n) is 29.3. The number of likely N-dealkylation sites (tertiary alicyclic amines) is 2. The number of fused-ring (bicyclic) bond motifs is 1. The van der Waals surface area contributed by atoms with Gasteiger partial charge in [0.25, 0.3) is 0 Å². The normalized spacial score (nSPS) is 18.8. The van der Waals surface area contributed by atoms with Crippen LogP contribution in [0.1, 0.15) is 49.3 Å². The molecule has 0 radical (unpaired) electrons. The molecule has 2 aliphatic rings. The average Bonchev–Trinajstić information content (AvgIpc) is 3.61. The van der Waals surface area contributed by atoms with Crippen molar-refractivity contribution in [3.63, 3.8) is 0 Å². The minimum absolute atomic E-state index is 0.173.